The third kappa shape index (κ3) is 6.65. The Hall–Kier alpha value is -0.790. The van der Waals surface area contributed by atoms with Crippen LogP contribution in [0, 0.1) is 5.41 Å². The lowest BCUT2D eigenvalue weighted by molar-refractivity contribution is -0.150. The Morgan fingerprint density at radius 2 is 1.44 bits per heavy atom. The van der Waals surface area contributed by atoms with Crippen molar-refractivity contribution in [1.82, 2.24) is 0 Å². The summed E-state index contributed by atoms with van der Waals surface area (Å²) in [6.07, 6.45) is 0.754. The van der Waals surface area contributed by atoms with Gasteiger partial charge < -0.3 is 4.74 Å². The number of allylic oxidation sites excluding steroid dienone is 1. The number of hydrogen-bond donors (Lipinski definition) is 0. The third-order valence-corrected chi connectivity index (χ3v) is 1.96. The van der Waals surface area contributed by atoms with Gasteiger partial charge in [-0.1, -0.05) is 26.3 Å². The molecule has 0 aromatic carbocycles. The first-order valence-electron chi connectivity index (χ1n) is 5.82. The number of ether oxygens (including phenoxy) is 1. The first kappa shape index (κ1) is 15.2. The highest BCUT2D eigenvalue weighted by molar-refractivity contribution is 5.89. The second kappa shape index (κ2) is 5.03. The third-order valence-electron chi connectivity index (χ3n) is 1.96. The van der Waals surface area contributed by atoms with Crippen LogP contribution in [-0.4, -0.2) is 11.6 Å². The van der Waals surface area contributed by atoms with Crippen LogP contribution in [0.2, 0.25) is 0 Å². The van der Waals surface area contributed by atoms with E-state index < -0.39 is 5.60 Å². The Morgan fingerprint density at radius 3 is 1.69 bits per heavy atom. The lowest BCUT2D eigenvalue weighted by Crippen LogP contribution is -2.26. The van der Waals surface area contributed by atoms with Gasteiger partial charge in [0.05, 0.1) is 0 Å². The molecule has 0 unspecified atom stereocenters. The molecule has 0 aromatic rings. The van der Waals surface area contributed by atoms with Crippen molar-refractivity contribution in [3.63, 3.8) is 0 Å². The minimum absolute atomic E-state index is 0.101. The second-order valence-corrected chi connectivity index (χ2v) is 6.72. The highest BCUT2D eigenvalue weighted by atomic mass is 16.6. The molecule has 94 valence electrons. The fourth-order valence-corrected chi connectivity index (χ4v) is 1.32. The fourth-order valence-electron chi connectivity index (χ4n) is 1.32. The molecule has 0 aliphatic carbocycles. The van der Waals surface area contributed by atoms with E-state index in [9.17, 15) is 4.79 Å². The molecule has 0 N–H and O–H groups in total. The molecular weight excluding hydrogens is 200 g/mol. The molecule has 0 atom stereocenters. The van der Waals surface area contributed by atoms with Crippen LogP contribution in [0.15, 0.2) is 11.1 Å². The molecule has 16 heavy (non-hydrogen) atoms. The van der Waals surface area contributed by atoms with Crippen LogP contribution in [0.5, 0.6) is 0 Å². The smallest absolute Gasteiger partial charge is 0.334 e. The summed E-state index contributed by atoms with van der Waals surface area (Å²) in [7, 11) is 0. The van der Waals surface area contributed by atoms with Gasteiger partial charge in [0.25, 0.3) is 0 Å². The van der Waals surface area contributed by atoms with Crippen LogP contribution < -0.4 is 0 Å². The molecule has 0 aliphatic rings. The monoisotopic (exact) mass is 226 g/mol. The predicted molar refractivity (Wildman–Crippen MR) is 68.3 cm³/mol. The van der Waals surface area contributed by atoms with Crippen molar-refractivity contribution in [3.05, 3.63) is 11.1 Å². The largest absolute Gasteiger partial charge is 0.457 e. The Labute approximate surface area is 100 Å². The van der Waals surface area contributed by atoms with Gasteiger partial charge in [-0.2, -0.15) is 0 Å². The maximum atomic E-state index is 12.0. The maximum Gasteiger partial charge on any atom is 0.334 e. The lowest BCUT2D eigenvalue weighted by Gasteiger charge is -2.25. The van der Waals surface area contributed by atoms with Crippen molar-refractivity contribution < 1.29 is 9.53 Å². The Kier molecular flexibility index (Phi) is 4.78. The molecule has 0 radical (unpaired) electrons. The average molecular weight is 226 g/mol. The van der Waals surface area contributed by atoms with Crippen molar-refractivity contribution in [2.45, 2.75) is 67.4 Å². The van der Waals surface area contributed by atoms with Crippen LogP contribution in [0.1, 0.15) is 61.8 Å². The molecule has 0 saturated heterocycles. The van der Waals surface area contributed by atoms with E-state index in [1.165, 1.54) is 0 Å². The van der Waals surface area contributed by atoms with Gasteiger partial charge in [-0.05, 0) is 46.5 Å². The van der Waals surface area contributed by atoms with E-state index in [1.807, 2.05) is 34.6 Å². The van der Waals surface area contributed by atoms with Crippen molar-refractivity contribution >= 4 is 5.97 Å². The Morgan fingerprint density at radius 1 is 1.00 bits per heavy atom. The van der Waals surface area contributed by atoms with Crippen LogP contribution >= 0.6 is 0 Å². The first-order chi connectivity index (χ1) is 6.92. The SMILES string of the molecule is CC(C)=C(CC(C)(C)C)C(=O)OC(C)(C)C. The normalized spacial score (nSPS) is 12.2. The van der Waals surface area contributed by atoms with Crippen LogP contribution in [-0.2, 0) is 9.53 Å². The van der Waals surface area contributed by atoms with Crippen LogP contribution in [0.4, 0.5) is 0 Å². The van der Waals surface area contributed by atoms with Crippen molar-refractivity contribution in [2.75, 3.05) is 0 Å². The van der Waals surface area contributed by atoms with E-state index >= 15 is 0 Å². The van der Waals surface area contributed by atoms with E-state index in [1.54, 1.807) is 0 Å². The Bertz CT molecular complexity index is 281. The fraction of sp³-hybridized carbons (Fsp3) is 0.786. The summed E-state index contributed by atoms with van der Waals surface area (Å²) < 4.78 is 5.41. The number of hydrogen-bond acceptors (Lipinski definition) is 2. The van der Waals surface area contributed by atoms with Gasteiger partial charge >= 0.3 is 5.97 Å². The van der Waals surface area contributed by atoms with Crippen LogP contribution in [0.3, 0.4) is 0 Å². The minimum Gasteiger partial charge on any atom is -0.457 e. The molecule has 0 aromatic heterocycles. The molecule has 0 spiro atoms. The minimum atomic E-state index is -0.421. The quantitative estimate of drug-likeness (QED) is 0.523. The summed E-state index contributed by atoms with van der Waals surface area (Å²) in [5.74, 6) is -0.178. The number of rotatable bonds is 2. The molecule has 0 fully saturated rings. The summed E-state index contributed by atoms with van der Waals surface area (Å²) in [5.41, 5.74) is 1.53. The molecule has 0 bridgehead atoms. The zero-order valence-electron chi connectivity index (χ0n) is 12.0. The van der Waals surface area contributed by atoms with Gasteiger partial charge in [-0.15, -0.1) is 0 Å². The van der Waals surface area contributed by atoms with Gasteiger partial charge in [-0.25, -0.2) is 4.79 Å². The lowest BCUT2D eigenvalue weighted by atomic mass is 9.86. The summed E-state index contributed by atoms with van der Waals surface area (Å²) in [4.78, 5) is 12.0. The average Bonchev–Trinajstić information content (AvgIpc) is 1.94. The molecular formula is C14H26O2. The predicted octanol–water partition coefficient (Wildman–Crippen LogP) is 4.10. The van der Waals surface area contributed by atoms with Crippen molar-refractivity contribution in [1.29, 1.82) is 0 Å². The van der Waals surface area contributed by atoms with E-state index in [0.29, 0.717) is 0 Å². The summed E-state index contributed by atoms with van der Waals surface area (Å²) in [5, 5.41) is 0. The molecule has 0 rings (SSSR count). The van der Waals surface area contributed by atoms with E-state index in [-0.39, 0.29) is 11.4 Å². The Balaban J connectivity index is 4.85. The highest BCUT2D eigenvalue weighted by Gasteiger charge is 2.24. The van der Waals surface area contributed by atoms with Crippen LogP contribution in [0.25, 0.3) is 0 Å². The first-order valence-corrected chi connectivity index (χ1v) is 5.82. The zero-order chi connectivity index (χ0) is 13.1. The van der Waals surface area contributed by atoms with E-state index in [4.69, 9.17) is 4.74 Å². The molecule has 0 aliphatic heterocycles. The van der Waals surface area contributed by atoms with Gasteiger partial charge in [0.15, 0.2) is 0 Å². The molecule has 0 saturated carbocycles. The molecule has 0 amide bonds. The summed E-state index contributed by atoms with van der Waals surface area (Å²) in [6, 6.07) is 0. The van der Waals surface area contributed by atoms with E-state index in [0.717, 1.165) is 17.6 Å². The topological polar surface area (TPSA) is 26.3 Å². The molecule has 2 nitrogen and oxygen atoms in total. The second-order valence-electron chi connectivity index (χ2n) is 6.72. The number of carbonyl (C=O) groups excluding carboxylic acids is 1. The van der Waals surface area contributed by atoms with Crippen molar-refractivity contribution in [2.24, 2.45) is 5.41 Å². The van der Waals surface area contributed by atoms with Gasteiger partial charge in [-0.3, -0.25) is 0 Å². The standard InChI is InChI=1S/C14H26O2/c1-10(2)11(9-13(3,4)5)12(15)16-14(6,7)8/h9H2,1-8H3. The summed E-state index contributed by atoms with van der Waals surface area (Å²) in [6.45, 7) is 16.0. The number of esters is 1. The highest BCUT2D eigenvalue weighted by Crippen LogP contribution is 2.27. The van der Waals surface area contributed by atoms with Gasteiger partial charge in [0.2, 0.25) is 0 Å². The van der Waals surface area contributed by atoms with Crippen molar-refractivity contribution in [3.8, 4) is 0 Å². The summed E-state index contributed by atoms with van der Waals surface area (Å²) >= 11 is 0. The number of carbonyl (C=O) groups is 1. The zero-order valence-corrected chi connectivity index (χ0v) is 12.0. The van der Waals surface area contributed by atoms with E-state index in [2.05, 4.69) is 20.8 Å². The maximum absolute atomic E-state index is 12.0. The molecule has 2 heteroatoms. The van der Waals surface area contributed by atoms with Gasteiger partial charge in [0, 0.05) is 5.57 Å². The molecule has 0 heterocycles. The van der Waals surface area contributed by atoms with Gasteiger partial charge in [0.1, 0.15) is 5.60 Å².